The Morgan fingerprint density at radius 2 is 1.85 bits per heavy atom. The van der Waals surface area contributed by atoms with Gasteiger partial charge in [-0.25, -0.2) is 8.78 Å². The van der Waals surface area contributed by atoms with Crippen molar-refractivity contribution in [3.8, 4) is 0 Å². The van der Waals surface area contributed by atoms with E-state index in [0.717, 1.165) is 24.1 Å². The van der Waals surface area contributed by atoms with Crippen LogP contribution in [0.5, 0.6) is 0 Å². The van der Waals surface area contributed by atoms with E-state index in [1.807, 2.05) is 12.1 Å². The lowest BCUT2D eigenvalue weighted by atomic mass is 9.76. The molecule has 3 heteroatoms. The van der Waals surface area contributed by atoms with Crippen molar-refractivity contribution in [1.82, 2.24) is 0 Å². The fourth-order valence-corrected chi connectivity index (χ4v) is 2.69. The lowest BCUT2D eigenvalue weighted by Gasteiger charge is -2.37. The Morgan fingerprint density at radius 3 is 2.55 bits per heavy atom. The molecule has 3 rings (SSSR count). The summed E-state index contributed by atoms with van der Waals surface area (Å²) in [6.45, 7) is 1.75. The lowest BCUT2D eigenvalue weighted by Crippen LogP contribution is -2.34. The molecule has 1 aliphatic rings. The quantitative estimate of drug-likeness (QED) is 0.859. The van der Waals surface area contributed by atoms with E-state index in [1.165, 1.54) is 12.1 Å². The molecule has 0 aromatic heterocycles. The molecule has 1 aliphatic carbocycles. The minimum Gasteiger partial charge on any atom is -0.382 e. The van der Waals surface area contributed by atoms with E-state index in [-0.39, 0.29) is 11.6 Å². The first-order valence-electron chi connectivity index (χ1n) is 6.90. The predicted octanol–water partition coefficient (Wildman–Crippen LogP) is 4.63. The number of hydrogen-bond acceptors (Lipinski definition) is 1. The minimum atomic E-state index is -0.184. The van der Waals surface area contributed by atoms with E-state index in [0.29, 0.717) is 17.5 Å². The number of anilines is 1. The van der Waals surface area contributed by atoms with Crippen LogP contribution in [0.1, 0.15) is 29.9 Å². The Morgan fingerprint density at radius 1 is 1.05 bits per heavy atom. The van der Waals surface area contributed by atoms with Crippen molar-refractivity contribution in [2.24, 2.45) is 0 Å². The van der Waals surface area contributed by atoms with E-state index in [2.05, 4.69) is 5.32 Å². The summed E-state index contributed by atoms with van der Waals surface area (Å²) in [4.78, 5) is 0. The van der Waals surface area contributed by atoms with Crippen molar-refractivity contribution < 1.29 is 8.78 Å². The largest absolute Gasteiger partial charge is 0.382 e. The zero-order valence-corrected chi connectivity index (χ0v) is 11.4. The van der Waals surface area contributed by atoms with Crippen molar-refractivity contribution in [3.05, 3.63) is 65.2 Å². The monoisotopic (exact) mass is 273 g/mol. The first-order chi connectivity index (χ1) is 9.61. The van der Waals surface area contributed by atoms with Crippen LogP contribution in [0.4, 0.5) is 14.5 Å². The average molecular weight is 273 g/mol. The number of halogens is 2. The maximum atomic E-state index is 13.5. The summed E-state index contributed by atoms with van der Waals surface area (Å²) in [6, 6.07) is 12.3. The number of nitrogens with one attached hydrogen (secondary N) is 1. The van der Waals surface area contributed by atoms with Crippen molar-refractivity contribution in [3.63, 3.8) is 0 Å². The second-order valence-corrected chi connectivity index (χ2v) is 5.53. The smallest absolute Gasteiger partial charge is 0.128 e. The molecule has 0 heterocycles. The van der Waals surface area contributed by atoms with Gasteiger partial charge in [-0.3, -0.25) is 0 Å². The van der Waals surface area contributed by atoms with Crippen LogP contribution in [-0.4, -0.2) is 6.04 Å². The van der Waals surface area contributed by atoms with Gasteiger partial charge < -0.3 is 5.32 Å². The highest BCUT2D eigenvalue weighted by molar-refractivity contribution is 5.47. The van der Waals surface area contributed by atoms with Crippen molar-refractivity contribution in [1.29, 1.82) is 0 Å². The maximum absolute atomic E-state index is 13.5. The van der Waals surface area contributed by atoms with Crippen molar-refractivity contribution >= 4 is 5.69 Å². The number of benzene rings is 2. The normalized spacial score (nSPS) is 21.4. The summed E-state index contributed by atoms with van der Waals surface area (Å²) in [7, 11) is 0. The second kappa shape index (κ2) is 5.23. The molecule has 1 fully saturated rings. The van der Waals surface area contributed by atoms with Gasteiger partial charge in [0.15, 0.2) is 0 Å². The van der Waals surface area contributed by atoms with Crippen LogP contribution in [0.3, 0.4) is 0 Å². The summed E-state index contributed by atoms with van der Waals surface area (Å²) < 4.78 is 26.6. The highest BCUT2D eigenvalue weighted by Gasteiger charge is 2.30. The van der Waals surface area contributed by atoms with Crippen molar-refractivity contribution in [2.45, 2.75) is 31.7 Å². The van der Waals surface area contributed by atoms with E-state index < -0.39 is 0 Å². The minimum absolute atomic E-state index is 0.181. The molecule has 0 spiro atoms. The van der Waals surface area contributed by atoms with Gasteiger partial charge in [-0.15, -0.1) is 0 Å². The molecule has 0 unspecified atom stereocenters. The number of aryl methyl sites for hydroxylation is 1. The Balaban J connectivity index is 1.59. The summed E-state index contributed by atoms with van der Waals surface area (Å²) >= 11 is 0. The van der Waals surface area contributed by atoms with E-state index in [4.69, 9.17) is 0 Å². The van der Waals surface area contributed by atoms with Crippen LogP contribution < -0.4 is 5.32 Å². The molecule has 1 N–H and O–H groups in total. The van der Waals surface area contributed by atoms with Gasteiger partial charge in [0.2, 0.25) is 0 Å². The molecule has 2 aromatic rings. The van der Waals surface area contributed by atoms with Gasteiger partial charge in [0.25, 0.3) is 0 Å². The maximum Gasteiger partial charge on any atom is 0.128 e. The van der Waals surface area contributed by atoms with E-state index in [1.54, 1.807) is 25.1 Å². The molecule has 0 radical (unpaired) electrons. The molecule has 104 valence electrons. The van der Waals surface area contributed by atoms with Gasteiger partial charge in [-0.1, -0.05) is 18.2 Å². The molecule has 0 bridgehead atoms. The third-order valence-electron chi connectivity index (χ3n) is 4.00. The summed E-state index contributed by atoms with van der Waals surface area (Å²) in [5, 5.41) is 3.33. The number of hydrogen-bond donors (Lipinski definition) is 1. The third kappa shape index (κ3) is 2.67. The molecular weight excluding hydrogens is 256 g/mol. The molecular formula is C17H17F2N. The van der Waals surface area contributed by atoms with E-state index in [9.17, 15) is 8.78 Å². The standard InChI is InChI=1S/C17H17F2N/c1-11-5-6-15(10-17(11)19)20-16-8-13(9-16)12-3-2-4-14(18)7-12/h2-7,10,13,16,20H,8-9H2,1H3. The molecule has 0 saturated heterocycles. The average Bonchev–Trinajstić information content (AvgIpc) is 2.37. The van der Waals surface area contributed by atoms with Crippen LogP contribution in [0.2, 0.25) is 0 Å². The van der Waals surface area contributed by atoms with Gasteiger partial charge >= 0.3 is 0 Å². The van der Waals surface area contributed by atoms with Crippen LogP contribution in [0.25, 0.3) is 0 Å². The second-order valence-electron chi connectivity index (χ2n) is 5.53. The highest BCUT2D eigenvalue weighted by Crippen LogP contribution is 2.38. The van der Waals surface area contributed by atoms with Gasteiger partial charge in [-0.2, -0.15) is 0 Å². The topological polar surface area (TPSA) is 12.0 Å². The lowest BCUT2D eigenvalue weighted by molar-refractivity contribution is 0.373. The molecule has 0 atom stereocenters. The Hall–Kier alpha value is -1.90. The molecule has 20 heavy (non-hydrogen) atoms. The Labute approximate surface area is 117 Å². The predicted molar refractivity (Wildman–Crippen MR) is 76.9 cm³/mol. The van der Waals surface area contributed by atoms with Crippen molar-refractivity contribution in [2.75, 3.05) is 5.32 Å². The number of rotatable bonds is 3. The Kier molecular flexibility index (Phi) is 3.43. The summed E-state index contributed by atoms with van der Waals surface area (Å²) in [5.74, 6) is 0.0361. The van der Waals surface area contributed by atoms with Gasteiger partial charge in [0.05, 0.1) is 0 Å². The van der Waals surface area contributed by atoms with Gasteiger partial charge in [0, 0.05) is 11.7 Å². The van der Waals surface area contributed by atoms with Gasteiger partial charge in [0.1, 0.15) is 11.6 Å². The van der Waals surface area contributed by atoms with Crippen LogP contribution in [-0.2, 0) is 0 Å². The van der Waals surface area contributed by atoms with Crippen LogP contribution >= 0.6 is 0 Å². The molecule has 1 saturated carbocycles. The van der Waals surface area contributed by atoms with Crippen LogP contribution in [0, 0.1) is 18.6 Å². The molecule has 1 nitrogen and oxygen atoms in total. The zero-order chi connectivity index (χ0) is 14.1. The van der Waals surface area contributed by atoms with E-state index >= 15 is 0 Å². The fraction of sp³-hybridized carbons (Fsp3) is 0.294. The Bertz CT molecular complexity index is 618. The molecule has 0 aliphatic heterocycles. The SMILES string of the molecule is Cc1ccc(NC2CC(c3cccc(F)c3)C2)cc1F. The zero-order valence-electron chi connectivity index (χ0n) is 11.4. The third-order valence-corrected chi connectivity index (χ3v) is 4.00. The molecule has 0 amide bonds. The first kappa shape index (κ1) is 13.1. The molecule has 2 aromatic carbocycles. The van der Waals surface area contributed by atoms with Crippen LogP contribution in [0.15, 0.2) is 42.5 Å². The van der Waals surface area contributed by atoms with Gasteiger partial charge in [-0.05, 0) is 61.1 Å². The fourth-order valence-electron chi connectivity index (χ4n) is 2.69. The summed E-state index contributed by atoms with van der Waals surface area (Å²) in [5.41, 5.74) is 2.52. The first-order valence-corrected chi connectivity index (χ1v) is 6.90. The summed E-state index contributed by atoms with van der Waals surface area (Å²) in [6.07, 6.45) is 1.91. The highest BCUT2D eigenvalue weighted by atomic mass is 19.1.